The van der Waals surface area contributed by atoms with E-state index >= 15 is 0 Å². The normalized spacial score (nSPS) is 13.4. The van der Waals surface area contributed by atoms with Crippen LogP contribution in [0.4, 0.5) is 0 Å². The summed E-state index contributed by atoms with van der Waals surface area (Å²) in [5.74, 6) is 1.27. The third-order valence-corrected chi connectivity index (χ3v) is 3.56. The van der Waals surface area contributed by atoms with Gasteiger partial charge in [-0.1, -0.05) is 52.8 Å². The van der Waals surface area contributed by atoms with E-state index in [4.69, 9.17) is 4.42 Å². The van der Waals surface area contributed by atoms with Gasteiger partial charge in [-0.3, -0.25) is 0 Å². The summed E-state index contributed by atoms with van der Waals surface area (Å²) in [7, 11) is 0. The van der Waals surface area contributed by atoms with Gasteiger partial charge in [-0.05, 0) is 30.0 Å². The first-order valence-corrected chi connectivity index (χ1v) is 7.64. The molecule has 0 fully saturated rings. The molecule has 1 aromatic heterocycles. The van der Waals surface area contributed by atoms with Crippen molar-refractivity contribution >= 4 is 0 Å². The maximum atomic E-state index is 5.93. The standard InChI is InChI=1S/C17H25N3O/c1-6-14(18-7-2)16-20-19-15(21-16)12-10-8-9-11-13(12)17(3,4)5/h8-11,14,18H,6-7H2,1-5H3. The van der Waals surface area contributed by atoms with Crippen molar-refractivity contribution in [3.8, 4) is 11.5 Å². The second-order valence-corrected chi connectivity index (χ2v) is 6.26. The van der Waals surface area contributed by atoms with Crippen LogP contribution >= 0.6 is 0 Å². The smallest absolute Gasteiger partial charge is 0.248 e. The van der Waals surface area contributed by atoms with Crippen molar-refractivity contribution in [3.05, 3.63) is 35.7 Å². The second kappa shape index (κ2) is 6.39. The van der Waals surface area contributed by atoms with Crippen molar-refractivity contribution in [2.75, 3.05) is 6.54 Å². The lowest BCUT2D eigenvalue weighted by Gasteiger charge is -2.21. The maximum Gasteiger partial charge on any atom is 0.248 e. The molecular formula is C17H25N3O. The molecule has 2 rings (SSSR count). The van der Waals surface area contributed by atoms with Gasteiger partial charge in [0.1, 0.15) is 0 Å². The number of aromatic nitrogens is 2. The Morgan fingerprint density at radius 3 is 2.48 bits per heavy atom. The molecular weight excluding hydrogens is 262 g/mol. The summed E-state index contributed by atoms with van der Waals surface area (Å²) in [4.78, 5) is 0. The van der Waals surface area contributed by atoms with Gasteiger partial charge in [-0.25, -0.2) is 0 Å². The zero-order valence-electron chi connectivity index (χ0n) is 13.6. The van der Waals surface area contributed by atoms with Crippen LogP contribution in [0.2, 0.25) is 0 Å². The van der Waals surface area contributed by atoms with Crippen LogP contribution in [0.15, 0.2) is 28.7 Å². The average Bonchev–Trinajstić information content (AvgIpc) is 2.93. The van der Waals surface area contributed by atoms with E-state index in [9.17, 15) is 0 Å². The first-order chi connectivity index (χ1) is 9.97. The summed E-state index contributed by atoms with van der Waals surface area (Å²) in [6, 6.07) is 8.36. The highest BCUT2D eigenvalue weighted by molar-refractivity contribution is 5.60. The molecule has 0 aliphatic carbocycles. The minimum atomic E-state index is 0.0387. The van der Waals surface area contributed by atoms with E-state index in [1.165, 1.54) is 5.56 Å². The van der Waals surface area contributed by atoms with Gasteiger partial charge in [0, 0.05) is 5.56 Å². The molecule has 1 N–H and O–H groups in total. The van der Waals surface area contributed by atoms with Crippen molar-refractivity contribution in [3.63, 3.8) is 0 Å². The Labute approximate surface area is 127 Å². The predicted molar refractivity (Wildman–Crippen MR) is 85.1 cm³/mol. The highest BCUT2D eigenvalue weighted by Crippen LogP contribution is 2.32. The predicted octanol–water partition coefficient (Wildman–Crippen LogP) is 4.09. The van der Waals surface area contributed by atoms with Gasteiger partial charge < -0.3 is 9.73 Å². The Kier molecular flexibility index (Phi) is 4.78. The Balaban J connectivity index is 2.38. The molecule has 1 unspecified atom stereocenters. The number of hydrogen-bond acceptors (Lipinski definition) is 4. The Morgan fingerprint density at radius 1 is 1.14 bits per heavy atom. The van der Waals surface area contributed by atoms with Crippen molar-refractivity contribution in [2.45, 2.75) is 52.5 Å². The first kappa shape index (κ1) is 15.7. The minimum absolute atomic E-state index is 0.0387. The van der Waals surface area contributed by atoms with E-state index in [1.807, 2.05) is 12.1 Å². The molecule has 0 bridgehead atoms. The van der Waals surface area contributed by atoms with Crippen molar-refractivity contribution in [1.29, 1.82) is 0 Å². The number of nitrogens with zero attached hydrogens (tertiary/aromatic N) is 2. The van der Waals surface area contributed by atoms with Crippen LogP contribution in [0.3, 0.4) is 0 Å². The van der Waals surface area contributed by atoms with Gasteiger partial charge in [0.05, 0.1) is 6.04 Å². The fourth-order valence-electron chi connectivity index (χ4n) is 2.46. The molecule has 0 saturated heterocycles. The molecule has 0 amide bonds. The minimum Gasteiger partial charge on any atom is -0.419 e. The molecule has 1 atom stereocenters. The summed E-state index contributed by atoms with van der Waals surface area (Å²) >= 11 is 0. The van der Waals surface area contributed by atoms with Gasteiger partial charge in [-0.2, -0.15) is 0 Å². The van der Waals surface area contributed by atoms with E-state index in [0.717, 1.165) is 18.5 Å². The quantitative estimate of drug-likeness (QED) is 0.899. The third-order valence-electron chi connectivity index (χ3n) is 3.56. The molecule has 4 nitrogen and oxygen atoms in total. The highest BCUT2D eigenvalue weighted by Gasteiger charge is 2.22. The first-order valence-electron chi connectivity index (χ1n) is 7.64. The van der Waals surface area contributed by atoms with E-state index < -0.39 is 0 Å². The van der Waals surface area contributed by atoms with Crippen LogP contribution in [0, 0.1) is 0 Å². The molecule has 0 saturated carbocycles. The van der Waals surface area contributed by atoms with Crippen LogP contribution < -0.4 is 5.32 Å². The van der Waals surface area contributed by atoms with Crippen molar-refractivity contribution in [1.82, 2.24) is 15.5 Å². The zero-order chi connectivity index (χ0) is 15.5. The fourth-order valence-corrected chi connectivity index (χ4v) is 2.46. The van der Waals surface area contributed by atoms with Crippen LogP contribution in [-0.4, -0.2) is 16.7 Å². The second-order valence-electron chi connectivity index (χ2n) is 6.26. The Hall–Kier alpha value is -1.68. The molecule has 2 aromatic rings. The molecule has 0 aliphatic heterocycles. The molecule has 1 aromatic carbocycles. The Morgan fingerprint density at radius 2 is 1.86 bits per heavy atom. The van der Waals surface area contributed by atoms with Crippen molar-refractivity contribution < 1.29 is 4.42 Å². The van der Waals surface area contributed by atoms with Crippen LogP contribution in [0.25, 0.3) is 11.5 Å². The van der Waals surface area contributed by atoms with Gasteiger partial charge in [0.2, 0.25) is 11.8 Å². The lowest BCUT2D eigenvalue weighted by atomic mass is 9.84. The summed E-state index contributed by atoms with van der Waals surface area (Å²) in [5.41, 5.74) is 2.28. The number of rotatable bonds is 5. The molecule has 0 aliphatic rings. The molecule has 114 valence electrons. The monoisotopic (exact) mass is 287 g/mol. The molecule has 0 spiro atoms. The summed E-state index contributed by atoms with van der Waals surface area (Å²) in [6.45, 7) is 11.6. The van der Waals surface area contributed by atoms with Gasteiger partial charge in [-0.15, -0.1) is 10.2 Å². The molecule has 1 heterocycles. The zero-order valence-corrected chi connectivity index (χ0v) is 13.6. The van der Waals surface area contributed by atoms with Crippen LogP contribution in [0.1, 0.15) is 58.5 Å². The SMILES string of the molecule is CCNC(CC)c1nnc(-c2ccccc2C(C)(C)C)o1. The summed E-state index contributed by atoms with van der Waals surface area (Å²) in [6.07, 6.45) is 0.927. The number of nitrogens with one attached hydrogen (secondary N) is 1. The largest absolute Gasteiger partial charge is 0.419 e. The van der Waals surface area contributed by atoms with E-state index in [0.29, 0.717) is 11.8 Å². The van der Waals surface area contributed by atoms with Gasteiger partial charge in [0.25, 0.3) is 0 Å². The lowest BCUT2D eigenvalue weighted by Crippen LogP contribution is -2.20. The third kappa shape index (κ3) is 3.50. The van der Waals surface area contributed by atoms with Crippen molar-refractivity contribution in [2.24, 2.45) is 0 Å². The topological polar surface area (TPSA) is 51.0 Å². The van der Waals surface area contributed by atoms with Gasteiger partial charge in [0.15, 0.2) is 0 Å². The highest BCUT2D eigenvalue weighted by atomic mass is 16.4. The van der Waals surface area contributed by atoms with Gasteiger partial charge >= 0.3 is 0 Å². The van der Waals surface area contributed by atoms with E-state index in [-0.39, 0.29) is 11.5 Å². The summed E-state index contributed by atoms with van der Waals surface area (Å²) in [5, 5.41) is 11.8. The van der Waals surface area contributed by atoms with E-state index in [1.54, 1.807) is 0 Å². The number of benzene rings is 1. The average molecular weight is 287 g/mol. The molecule has 21 heavy (non-hydrogen) atoms. The van der Waals surface area contributed by atoms with Crippen LogP contribution in [-0.2, 0) is 5.41 Å². The van der Waals surface area contributed by atoms with E-state index in [2.05, 4.69) is 62.3 Å². The summed E-state index contributed by atoms with van der Waals surface area (Å²) < 4.78 is 5.93. The van der Waals surface area contributed by atoms with Crippen LogP contribution in [0.5, 0.6) is 0 Å². The fraction of sp³-hybridized carbons (Fsp3) is 0.529. The molecule has 0 radical (unpaired) electrons. The number of hydrogen-bond donors (Lipinski definition) is 1. The molecule has 4 heteroatoms. The lowest BCUT2D eigenvalue weighted by molar-refractivity contribution is 0.401. The maximum absolute atomic E-state index is 5.93. The Bertz CT molecular complexity index is 584.